The van der Waals surface area contributed by atoms with Crippen LogP contribution in [0.1, 0.15) is 28.9 Å². The first-order valence-electron chi connectivity index (χ1n) is 4.19. The summed E-state index contributed by atoms with van der Waals surface area (Å²) >= 11 is 0. The average Bonchev–Trinajstić information content (AvgIpc) is 2.60. The van der Waals surface area contributed by atoms with E-state index in [0.717, 1.165) is 10.8 Å². The van der Waals surface area contributed by atoms with Crippen LogP contribution in [0.5, 0.6) is 0 Å². The first-order valence-corrected chi connectivity index (χ1v) is 4.19. The number of carboxylic acids is 1. The molecule has 0 saturated carbocycles. The van der Waals surface area contributed by atoms with Crippen LogP contribution in [0.2, 0.25) is 0 Å². The van der Waals surface area contributed by atoms with Crippen molar-refractivity contribution >= 4 is 5.97 Å². The molecule has 1 N–H and O–H groups in total. The number of hydrogen-bond donors (Lipinski definition) is 1. The van der Waals surface area contributed by atoms with Crippen LogP contribution in [0, 0.1) is 11.3 Å². The third kappa shape index (κ3) is 2.16. The van der Waals surface area contributed by atoms with E-state index in [-0.39, 0.29) is 0 Å². The number of rotatable bonds is 2. The molecule has 1 atom stereocenters. The number of alkyl halides is 3. The molecule has 1 unspecified atom stereocenters. The Kier molecular flexibility index (Phi) is 2.94. The average molecular weight is 232 g/mol. The van der Waals surface area contributed by atoms with Gasteiger partial charge in [0.15, 0.2) is 0 Å². The number of nitrogens with zero attached hydrogens (tertiary/aromatic N) is 2. The molecule has 0 saturated heterocycles. The third-order valence-corrected chi connectivity index (χ3v) is 2.02. The Labute approximate surface area is 88.5 Å². The highest BCUT2D eigenvalue weighted by molar-refractivity contribution is 5.89. The van der Waals surface area contributed by atoms with Gasteiger partial charge in [0.05, 0.1) is 17.2 Å². The van der Waals surface area contributed by atoms with Gasteiger partial charge in [-0.2, -0.15) is 18.4 Å². The fraction of sp³-hybridized carbons (Fsp3) is 0.333. The van der Waals surface area contributed by atoms with Gasteiger partial charge in [-0.05, 0) is 6.92 Å². The highest BCUT2D eigenvalue weighted by Crippen LogP contribution is 2.33. The van der Waals surface area contributed by atoms with Crippen molar-refractivity contribution < 1.29 is 23.1 Å². The summed E-state index contributed by atoms with van der Waals surface area (Å²) in [7, 11) is 0. The maximum absolute atomic E-state index is 12.4. The summed E-state index contributed by atoms with van der Waals surface area (Å²) in [5.74, 6) is -1.67. The number of hydrogen-bond acceptors (Lipinski definition) is 2. The lowest BCUT2D eigenvalue weighted by Crippen LogP contribution is -2.09. The molecule has 0 radical (unpaired) electrons. The molecule has 0 fully saturated rings. The SMILES string of the molecule is CC(C#N)n1cc(C(=O)O)c(C(F)(F)F)c1. The Morgan fingerprint density at radius 1 is 1.56 bits per heavy atom. The molecule has 0 aliphatic rings. The Morgan fingerprint density at radius 3 is 2.44 bits per heavy atom. The lowest BCUT2D eigenvalue weighted by atomic mass is 10.2. The molecule has 7 heteroatoms. The smallest absolute Gasteiger partial charge is 0.418 e. The van der Waals surface area contributed by atoms with Gasteiger partial charge in [-0.3, -0.25) is 0 Å². The van der Waals surface area contributed by atoms with Gasteiger partial charge in [0.1, 0.15) is 6.04 Å². The Bertz CT molecular complexity index is 456. The topological polar surface area (TPSA) is 66.0 Å². The summed E-state index contributed by atoms with van der Waals surface area (Å²) in [5, 5.41) is 17.1. The van der Waals surface area contributed by atoms with Crippen molar-refractivity contribution in [3.8, 4) is 6.07 Å². The van der Waals surface area contributed by atoms with Crippen molar-refractivity contribution in [2.45, 2.75) is 19.1 Å². The maximum atomic E-state index is 12.4. The van der Waals surface area contributed by atoms with Crippen LogP contribution in [0.3, 0.4) is 0 Å². The second-order valence-corrected chi connectivity index (χ2v) is 3.14. The van der Waals surface area contributed by atoms with E-state index in [1.165, 1.54) is 6.92 Å². The minimum absolute atomic E-state index is 0.622. The number of aromatic nitrogens is 1. The van der Waals surface area contributed by atoms with Gasteiger partial charge in [0, 0.05) is 12.4 Å². The molecule has 0 bridgehead atoms. The summed E-state index contributed by atoms with van der Waals surface area (Å²) in [5.41, 5.74) is -2.10. The van der Waals surface area contributed by atoms with Crippen molar-refractivity contribution in [1.29, 1.82) is 5.26 Å². The van der Waals surface area contributed by atoms with E-state index in [1.54, 1.807) is 6.07 Å². The minimum Gasteiger partial charge on any atom is -0.478 e. The standard InChI is InChI=1S/C9H7F3N2O2/c1-5(2-13)14-3-6(8(15)16)7(4-14)9(10,11)12/h3-5H,1H3,(H,15,16). The highest BCUT2D eigenvalue weighted by atomic mass is 19.4. The van der Waals surface area contributed by atoms with E-state index in [9.17, 15) is 18.0 Å². The molecular formula is C9H7F3N2O2. The van der Waals surface area contributed by atoms with Crippen molar-refractivity contribution in [3.05, 3.63) is 23.5 Å². The zero-order valence-corrected chi connectivity index (χ0v) is 8.12. The molecule has 0 aliphatic carbocycles. The van der Waals surface area contributed by atoms with Crippen LogP contribution in [-0.4, -0.2) is 15.6 Å². The summed E-state index contributed by atoms with van der Waals surface area (Å²) in [6.45, 7) is 1.37. The second kappa shape index (κ2) is 3.89. The second-order valence-electron chi connectivity index (χ2n) is 3.14. The van der Waals surface area contributed by atoms with Crippen molar-refractivity contribution in [1.82, 2.24) is 4.57 Å². The van der Waals surface area contributed by atoms with Gasteiger partial charge in [0.2, 0.25) is 0 Å². The minimum atomic E-state index is -4.74. The molecule has 4 nitrogen and oxygen atoms in total. The molecule has 0 aliphatic heterocycles. The maximum Gasteiger partial charge on any atom is 0.418 e. The van der Waals surface area contributed by atoms with Gasteiger partial charge >= 0.3 is 12.1 Å². The molecule has 1 rings (SSSR count). The van der Waals surface area contributed by atoms with Crippen LogP contribution in [-0.2, 0) is 6.18 Å². The van der Waals surface area contributed by atoms with Crippen molar-refractivity contribution in [3.63, 3.8) is 0 Å². The van der Waals surface area contributed by atoms with E-state index in [2.05, 4.69) is 0 Å². The zero-order chi connectivity index (χ0) is 12.5. The van der Waals surface area contributed by atoms with E-state index >= 15 is 0 Å². The monoisotopic (exact) mass is 232 g/mol. The largest absolute Gasteiger partial charge is 0.478 e. The third-order valence-electron chi connectivity index (χ3n) is 2.02. The van der Waals surface area contributed by atoms with Gasteiger partial charge in [-0.1, -0.05) is 0 Å². The zero-order valence-electron chi connectivity index (χ0n) is 8.12. The predicted octanol–water partition coefficient (Wildman–Crippen LogP) is 2.29. The van der Waals surface area contributed by atoms with Crippen molar-refractivity contribution in [2.75, 3.05) is 0 Å². The number of nitriles is 1. The van der Waals surface area contributed by atoms with E-state index < -0.39 is 29.3 Å². The lowest BCUT2D eigenvalue weighted by molar-refractivity contribution is -0.138. The Morgan fingerprint density at radius 2 is 2.12 bits per heavy atom. The summed E-state index contributed by atoms with van der Waals surface area (Å²) in [4.78, 5) is 10.6. The molecule has 0 spiro atoms. The van der Waals surface area contributed by atoms with Gasteiger partial charge in [-0.15, -0.1) is 0 Å². The highest BCUT2D eigenvalue weighted by Gasteiger charge is 2.37. The van der Waals surface area contributed by atoms with E-state index in [4.69, 9.17) is 10.4 Å². The Hall–Kier alpha value is -1.97. The van der Waals surface area contributed by atoms with E-state index in [1.807, 2.05) is 0 Å². The lowest BCUT2D eigenvalue weighted by Gasteiger charge is -2.05. The number of carboxylic acid groups (broad SMARTS) is 1. The van der Waals surface area contributed by atoms with Crippen LogP contribution >= 0.6 is 0 Å². The Balaban J connectivity index is 3.33. The molecule has 1 aromatic heterocycles. The van der Waals surface area contributed by atoms with Gasteiger partial charge in [-0.25, -0.2) is 4.79 Å². The summed E-state index contributed by atoms with van der Waals surface area (Å²) in [6, 6.07) is 0.862. The normalized spacial score (nSPS) is 13.2. The predicted molar refractivity (Wildman–Crippen MR) is 46.7 cm³/mol. The summed E-state index contributed by atoms with van der Waals surface area (Å²) in [6.07, 6.45) is -3.31. The van der Waals surface area contributed by atoms with Crippen LogP contribution < -0.4 is 0 Å². The van der Waals surface area contributed by atoms with Crippen LogP contribution in [0.25, 0.3) is 0 Å². The molecule has 0 aromatic carbocycles. The first-order chi connectivity index (χ1) is 7.27. The van der Waals surface area contributed by atoms with Gasteiger partial charge in [0.25, 0.3) is 0 Å². The fourth-order valence-electron chi connectivity index (χ4n) is 1.16. The molecule has 1 heterocycles. The molecule has 16 heavy (non-hydrogen) atoms. The number of carbonyl (C=O) groups is 1. The van der Waals surface area contributed by atoms with Crippen LogP contribution in [0.4, 0.5) is 13.2 Å². The van der Waals surface area contributed by atoms with E-state index in [0.29, 0.717) is 6.20 Å². The fourth-order valence-corrected chi connectivity index (χ4v) is 1.16. The first kappa shape index (κ1) is 12.1. The quantitative estimate of drug-likeness (QED) is 0.850. The molecule has 86 valence electrons. The summed E-state index contributed by atoms with van der Waals surface area (Å²) < 4.78 is 38.2. The number of aromatic carboxylic acids is 1. The van der Waals surface area contributed by atoms with Crippen LogP contribution in [0.15, 0.2) is 12.4 Å². The number of halogens is 3. The van der Waals surface area contributed by atoms with Crippen molar-refractivity contribution in [2.24, 2.45) is 0 Å². The molecule has 0 amide bonds. The van der Waals surface area contributed by atoms with Gasteiger partial charge < -0.3 is 9.67 Å². The molecular weight excluding hydrogens is 225 g/mol. The molecule has 1 aromatic rings.